The van der Waals surface area contributed by atoms with Crippen molar-refractivity contribution in [3.63, 3.8) is 0 Å². The molecule has 0 saturated carbocycles. The van der Waals surface area contributed by atoms with Gasteiger partial charge in [0.1, 0.15) is 11.6 Å². The van der Waals surface area contributed by atoms with E-state index in [-0.39, 0.29) is 17.9 Å². The van der Waals surface area contributed by atoms with Gasteiger partial charge in [-0.25, -0.2) is 0 Å². The van der Waals surface area contributed by atoms with E-state index in [9.17, 15) is 9.59 Å². The van der Waals surface area contributed by atoms with Gasteiger partial charge in [-0.15, -0.1) is 0 Å². The van der Waals surface area contributed by atoms with Crippen LogP contribution in [-0.2, 0) is 4.79 Å². The maximum Gasteiger partial charge on any atom is 0.251 e. The third kappa shape index (κ3) is 3.89. The normalized spacial score (nSPS) is 25.9. The quantitative estimate of drug-likeness (QED) is 0.742. The van der Waals surface area contributed by atoms with Crippen molar-refractivity contribution in [1.29, 1.82) is 0 Å². The zero-order valence-electron chi connectivity index (χ0n) is 16.2. The molecule has 2 bridgehead atoms. The average Bonchev–Trinajstić information content (AvgIpc) is 3.11. The van der Waals surface area contributed by atoms with E-state index in [0.29, 0.717) is 35.0 Å². The molecular formula is C21H26N4O3. The molecule has 3 aliphatic heterocycles. The van der Waals surface area contributed by atoms with E-state index < -0.39 is 0 Å². The molecule has 3 aliphatic rings. The number of carbonyl (C=O) groups is 2. The number of aromatic nitrogens is 1. The predicted molar refractivity (Wildman–Crippen MR) is 107 cm³/mol. The number of nitrogens with zero attached hydrogens (tertiary/aromatic N) is 1. The zero-order valence-corrected chi connectivity index (χ0v) is 16.2. The number of carbonyl (C=O) groups excluding carboxylic acids is 2. The van der Waals surface area contributed by atoms with Gasteiger partial charge in [-0.2, -0.15) is 0 Å². The van der Waals surface area contributed by atoms with Crippen LogP contribution in [-0.4, -0.2) is 46.9 Å². The number of piperidine rings is 3. The Kier molecular flexibility index (Phi) is 5.09. The first-order valence-corrected chi connectivity index (χ1v) is 9.79. The molecule has 1 aromatic carbocycles. The highest BCUT2D eigenvalue weighted by molar-refractivity contribution is 5.94. The Morgan fingerprint density at radius 2 is 1.82 bits per heavy atom. The Bertz CT molecular complexity index is 851. The summed E-state index contributed by atoms with van der Waals surface area (Å²) in [7, 11) is 0. The molecule has 28 heavy (non-hydrogen) atoms. The minimum absolute atomic E-state index is 0.0371. The Labute approximate surface area is 164 Å². The second-order valence-electron chi connectivity index (χ2n) is 7.66. The monoisotopic (exact) mass is 382 g/mol. The number of hydrogen-bond acceptors (Lipinski definition) is 4. The number of nitrogens with one attached hydrogen (secondary N) is 3. The summed E-state index contributed by atoms with van der Waals surface area (Å²) in [6, 6.07) is 11.2. The highest BCUT2D eigenvalue weighted by Gasteiger charge is 2.40. The predicted octanol–water partition coefficient (Wildman–Crippen LogP) is 2.98. The van der Waals surface area contributed by atoms with Crippen molar-refractivity contribution < 1.29 is 14.3 Å². The van der Waals surface area contributed by atoms with E-state index in [4.69, 9.17) is 4.74 Å². The van der Waals surface area contributed by atoms with Gasteiger partial charge in [0.05, 0.1) is 0 Å². The van der Waals surface area contributed by atoms with Crippen LogP contribution in [0, 0.1) is 5.92 Å². The zero-order chi connectivity index (χ0) is 19.7. The molecule has 7 heteroatoms. The molecule has 7 nitrogen and oxygen atoms in total. The van der Waals surface area contributed by atoms with E-state index in [1.807, 2.05) is 0 Å². The number of fused-ring (bicyclic) bond motifs is 3. The van der Waals surface area contributed by atoms with Crippen molar-refractivity contribution in [3.05, 3.63) is 42.0 Å². The number of ether oxygens (including phenoxy) is 1. The van der Waals surface area contributed by atoms with E-state index in [1.165, 1.54) is 19.8 Å². The lowest BCUT2D eigenvalue weighted by Gasteiger charge is -2.49. The summed E-state index contributed by atoms with van der Waals surface area (Å²) in [5, 5.41) is 5.90. The lowest BCUT2D eigenvalue weighted by molar-refractivity contribution is -0.114. The Morgan fingerprint density at radius 3 is 2.46 bits per heavy atom. The molecule has 0 spiro atoms. The third-order valence-electron chi connectivity index (χ3n) is 5.79. The van der Waals surface area contributed by atoms with Gasteiger partial charge in [0.25, 0.3) is 5.91 Å². The molecule has 1 aromatic heterocycles. The lowest BCUT2D eigenvalue weighted by atomic mass is 9.79. The number of rotatable bonds is 5. The minimum atomic E-state index is -0.152. The van der Waals surface area contributed by atoms with Gasteiger partial charge in [-0.1, -0.05) is 0 Å². The smallest absolute Gasteiger partial charge is 0.251 e. The topological polar surface area (TPSA) is 86.5 Å². The van der Waals surface area contributed by atoms with Crippen molar-refractivity contribution in [2.75, 3.05) is 18.4 Å². The largest absolute Gasteiger partial charge is 0.441 e. The molecule has 2 atom stereocenters. The summed E-state index contributed by atoms with van der Waals surface area (Å²) in [5.74, 6) is 2.10. The minimum Gasteiger partial charge on any atom is -0.441 e. The van der Waals surface area contributed by atoms with Crippen LogP contribution in [0.2, 0.25) is 0 Å². The van der Waals surface area contributed by atoms with Crippen LogP contribution in [0.4, 0.5) is 5.82 Å². The highest BCUT2D eigenvalue weighted by atomic mass is 16.5. The molecule has 5 rings (SSSR count). The fraction of sp³-hybridized carbons (Fsp3) is 0.429. The first kappa shape index (κ1) is 18.6. The summed E-state index contributed by atoms with van der Waals surface area (Å²) >= 11 is 0. The molecule has 2 aromatic rings. The van der Waals surface area contributed by atoms with E-state index in [2.05, 4.69) is 27.4 Å². The standard InChI is InChI=1S/C21H26N4O3/c1-13-20(15-9-11-25(13)12-10-15)24-21(27)16-3-5-17(6-4-16)28-19-8-7-18(23-19)22-14(2)26/h3-8,13,15,20,23H,9-12H2,1-2H3,(H,22,26)(H,24,27)/t13-,20+/m1/s1. The van der Waals surface area contributed by atoms with E-state index >= 15 is 0 Å². The molecule has 4 heterocycles. The summed E-state index contributed by atoms with van der Waals surface area (Å²) in [5.41, 5.74) is 0.626. The maximum absolute atomic E-state index is 12.7. The molecule has 3 saturated heterocycles. The van der Waals surface area contributed by atoms with Gasteiger partial charge in [-0.05, 0) is 69.1 Å². The number of anilines is 1. The molecule has 0 radical (unpaired) electrons. The third-order valence-corrected chi connectivity index (χ3v) is 5.79. The first-order chi connectivity index (χ1) is 13.5. The fourth-order valence-corrected chi connectivity index (χ4v) is 4.28. The second kappa shape index (κ2) is 7.67. The average molecular weight is 382 g/mol. The van der Waals surface area contributed by atoms with Gasteiger partial charge in [-0.3, -0.25) is 14.5 Å². The highest BCUT2D eigenvalue weighted by Crippen LogP contribution is 2.32. The summed E-state index contributed by atoms with van der Waals surface area (Å²) in [6.45, 7) is 5.94. The summed E-state index contributed by atoms with van der Waals surface area (Å²) in [4.78, 5) is 29.2. The van der Waals surface area contributed by atoms with Gasteiger partial charge in [0.15, 0.2) is 5.88 Å². The SMILES string of the molecule is CC(=O)Nc1ccc(Oc2ccc(C(=O)N[C@@H]3C4CCN(CC4)[C@@H]3C)cc2)[nH]1. The van der Waals surface area contributed by atoms with Crippen LogP contribution in [0.15, 0.2) is 36.4 Å². The number of H-pyrrole nitrogens is 1. The van der Waals surface area contributed by atoms with Crippen molar-refractivity contribution in [1.82, 2.24) is 15.2 Å². The van der Waals surface area contributed by atoms with E-state index in [0.717, 1.165) is 13.1 Å². The molecule has 148 valence electrons. The van der Waals surface area contributed by atoms with Crippen LogP contribution in [0.5, 0.6) is 11.6 Å². The lowest BCUT2D eigenvalue weighted by Crippen LogP contribution is -2.62. The van der Waals surface area contributed by atoms with Gasteiger partial charge in [0.2, 0.25) is 5.91 Å². The van der Waals surface area contributed by atoms with Crippen molar-refractivity contribution >= 4 is 17.6 Å². The number of hydrogen-bond donors (Lipinski definition) is 3. The fourth-order valence-electron chi connectivity index (χ4n) is 4.28. The van der Waals surface area contributed by atoms with Gasteiger partial charge < -0.3 is 20.4 Å². The Balaban J connectivity index is 1.37. The molecule has 0 aliphatic carbocycles. The molecule has 2 amide bonds. The Hall–Kier alpha value is -2.80. The van der Waals surface area contributed by atoms with Gasteiger partial charge in [0, 0.05) is 30.6 Å². The Morgan fingerprint density at radius 1 is 1.11 bits per heavy atom. The van der Waals surface area contributed by atoms with Gasteiger partial charge >= 0.3 is 0 Å². The molecule has 3 N–H and O–H groups in total. The number of aromatic amines is 1. The van der Waals surface area contributed by atoms with Crippen LogP contribution in [0.3, 0.4) is 0 Å². The van der Waals surface area contributed by atoms with E-state index in [1.54, 1.807) is 36.4 Å². The van der Waals surface area contributed by atoms with Crippen molar-refractivity contribution in [2.24, 2.45) is 5.92 Å². The number of benzene rings is 1. The molecular weight excluding hydrogens is 356 g/mol. The van der Waals surface area contributed by atoms with Crippen molar-refractivity contribution in [2.45, 2.75) is 38.8 Å². The summed E-state index contributed by atoms with van der Waals surface area (Å²) < 4.78 is 5.74. The van der Waals surface area contributed by atoms with Crippen LogP contribution in [0.1, 0.15) is 37.0 Å². The first-order valence-electron chi connectivity index (χ1n) is 9.79. The van der Waals surface area contributed by atoms with Crippen molar-refractivity contribution in [3.8, 4) is 11.6 Å². The maximum atomic E-state index is 12.7. The summed E-state index contributed by atoms with van der Waals surface area (Å²) in [6.07, 6.45) is 2.33. The van der Waals surface area contributed by atoms with Crippen LogP contribution in [0.25, 0.3) is 0 Å². The van der Waals surface area contributed by atoms with Crippen LogP contribution < -0.4 is 15.4 Å². The second-order valence-corrected chi connectivity index (χ2v) is 7.66. The molecule has 3 fully saturated rings. The van der Waals surface area contributed by atoms with Crippen LogP contribution >= 0.6 is 0 Å². The molecule has 0 unspecified atom stereocenters. The number of amides is 2.